The van der Waals surface area contributed by atoms with Crippen molar-refractivity contribution in [1.29, 1.82) is 0 Å². The lowest BCUT2D eigenvalue weighted by Gasteiger charge is -2.01. The maximum Gasteiger partial charge on any atom is -0.0139 e. The Morgan fingerprint density at radius 3 is 2.47 bits per heavy atom. The first-order valence-electron chi connectivity index (χ1n) is 7.84. The average Bonchev–Trinajstić information content (AvgIpc) is 2.43. The number of allylic oxidation sites excluding steroid dienone is 7. The van der Waals surface area contributed by atoms with Crippen molar-refractivity contribution in [1.82, 2.24) is 0 Å². The first kappa shape index (κ1) is 18.0. The van der Waals surface area contributed by atoms with Crippen LogP contribution in [0.25, 0.3) is 0 Å². The minimum absolute atomic E-state index is 1.00. The number of hydrogen-bond donors (Lipinski definition) is 0. The Labute approximate surface area is 121 Å². The second-order valence-corrected chi connectivity index (χ2v) is 5.15. The minimum atomic E-state index is 1.00. The van der Waals surface area contributed by atoms with Crippen LogP contribution in [0.4, 0.5) is 0 Å². The van der Waals surface area contributed by atoms with E-state index >= 15 is 0 Å². The van der Waals surface area contributed by atoms with E-state index in [9.17, 15) is 0 Å². The zero-order valence-corrected chi connectivity index (χ0v) is 13.3. The van der Waals surface area contributed by atoms with Crippen LogP contribution >= 0.6 is 0 Å². The Balaban J connectivity index is 3.76. The highest BCUT2D eigenvalue weighted by molar-refractivity contribution is 5.07. The van der Waals surface area contributed by atoms with Crippen molar-refractivity contribution in [3.05, 3.63) is 48.1 Å². The molecular weight excluding hydrogens is 228 g/mol. The van der Waals surface area contributed by atoms with E-state index in [2.05, 4.69) is 51.7 Å². The standard InChI is InChI=1S/C19H32/c1-5-8-14-18(4)15-12-10-11-13-17-19(7-3)16-9-6-2/h5,11,13-14,16H,1,6-10,12,15,17H2,2-4H3. The molecule has 0 fully saturated rings. The number of rotatable bonds is 11. The minimum Gasteiger partial charge on any atom is -0.103 e. The van der Waals surface area contributed by atoms with Gasteiger partial charge in [-0.15, -0.1) is 6.58 Å². The fraction of sp³-hybridized carbons (Fsp3) is 0.579. The molecule has 0 aromatic heterocycles. The summed E-state index contributed by atoms with van der Waals surface area (Å²) in [5.41, 5.74) is 3.07. The van der Waals surface area contributed by atoms with Crippen LogP contribution < -0.4 is 0 Å². The summed E-state index contributed by atoms with van der Waals surface area (Å²) in [5, 5.41) is 0. The van der Waals surface area contributed by atoms with Gasteiger partial charge in [0.05, 0.1) is 0 Å². The highest BCUT2D eigenvalue weighted by Crippen LogP contribution is 2.11. The summed E-state index contributed by atoms with van der Waals surface area (Å²) in [6.07, 6.45) is 20.8. The van der Waals surface area contributed by atoms with Gasteiger partial charge in [0, 0.05) is 0 Å². The second kappa shape index (κ2) is 13.4. The second-order valence-electron chi connectivity index (χ2n) is 5.15. The molecule has 0 bridgehead atoms. The van der Waals surface area contributed by atoms with Gasteiger partial charge in [0.1, 0.15) is 0 Å². The largest absolute Gasteiger partial charge is 0.103 e. The van der Waals surface area contributed by atoms with Gasteiger partial charge in [-0.3, -0.25) is 0 Å². The van der Waals surface area contributed by atoms with E-state index in [1.807, 2.05) is 6.08 Å². The van der Waals surface area contributed by atoms with E-state index in [1.165, 1.54) is 44.1 Å². The summed E-state index contributed by atoms with van der Waals surface area (Å²) < 4.78 is 0. The summed E-state index contributed by atoms with van der Waals surface area (Å²) in [6.45, 7) is 10.4. The van der Waals surface area contributed by atoms with E-state index in [4.69, 9.17) is 0 Å². The maximum atomic E-state index is 3.74. The van der Waals surface area contributed by atoms with Gasteiger partial charge in [0.2, 0.25) is 0 Å². The first-order chi connectivity index (χ1) is 9.24. The van der Waals surface area contributed by atoms with Crippen molar-refractivity contribution in [2.45, 2.75) is 72.1 Å². The molecule has 0 heteroatoms. The number of hydrogen-bond acceptors (Lipinski definition) is 0. The van der Waals surface area contributed by atoms with Gasteiger partial charge in [0.25, 0.3) is 0 Å². The lowest BCUT2D eigenvalue weighted by Crippen LogP contribution is -1.80. The molecule has 0 aliphatic carbocycles. The molecule has 0 N–H and O–H groups in total. The van der Waals surface area contributed by atoms with Gasteiger partial charge in [-0.05, 0) is 51.9 Å². The van der Waals surface area contributed by atoms with E-state index < -0.39 is 0 Å². The molecule has 0 aromatic carbocycles. The molecular formula is C19H32. The Bertz CT molecular complexity index is 302. The lowest BCUT2D eigenvalue weighted by atomic mass is 10.1. The van der Waals surface area contributed by atoms with E-state index in [0.717, 1.165) is 12.8 Å². The third-order valence-electron chi connectivity index (χ3n) is 3.30. The van der Waals surface area contributed by atoms with Crippen molar-refractivity contribution < 1.29 is 0 Å². The summed E-state index contributed by atoms with van der Waals surface area (Å²) in [5.74, 6) is 0. The van der Waals surface area contributed by atoms with Crippen LogP contribution in [-0.4, -0.2) is 0 Å². The molecule has 0 amide bonds. The molecule has 0 aliphatic heterocycles. The highest BCUT2D eigenvalue weighted by Gasteiger charge is 1.91. The Morgan fingerprint density at radius 2 is 1.84 bits per heavy atom. The monoisotopic (exact) mass is 260 g/mol. The first-order valence-corrected chi connectivity index (χ1v) is 7.84. The topological polar surface area (TPSA) is 0 Å². The van der Waals surface area contributed by atoms with Gasteiger partial charge in [-0.25, -0.2) is 0 Å². The SMILES string of the molecule is C=CCC=C(C)CCCC=CCC(=CCCC)CC. The van der Waals surface area contributed by atoms with Crippen molar-refractivity contribution in [2.24, 2.45) is 0 Å². The van der Waals surface area contributed by atoms with Gasteiger partial charge in [0.15, 0.2) is 0 Å². The van der Waals surface area contributed by atoms with Crippen LogP contribution in [0.2, 0.25) is 0 Å². The van der Waals surface area contributed by atoms with Crippen molar-refractivity contribution in [2.75, 3.05) is 0 Å². The van der Waals surface area contributed by atoms with Crippen molar-refractivity contribution in [3.63, 3.8) is 0 Å². The molecule has 0 radical (unpaired) electrons. The summed E-state index contributed by atoms with van der Waals surface area (Å²) in [6, 6.07) is 0. The van der Waals surface area contributed by atoms with Crippen LogP contribution in [0.5, 0.6) is 0 Å². The Hall–Kier alpha value is -1.04. The van der Waals surface area contributed by atoms with Gasteiger partial charge in [-0.2, -0.15) is 0 Å². The quantitative estimate of drug-likeness (QED) is 0.284. The smallest absolute Gasteiger partial charge is 0.0139 e. The maximum absolute atomic E-state index is 3.74. The van der Waals surface area contributed by atoms with Crippen LogP contribution in [0.3, 0.4) is 0 Å². The molecule has 0 heterocycles. The predicted octanol–water partition coefficient (Wildman–Crippen LogP) is 6.76. The zero-order valence-electron chi connectivity index (χ0n) is 13.3. The molecule has 0 saturated heterocycles. The van der Waals surface area contributed by atoms with Gasteiger partial charge >= 0.3 is 0 Å². The zero-order chi connectivity index (χ0) is 14.3. The third-order valence-corrected chi connectivity index (χ3v) is 3.30. The average molecular weight is 260 g/mol. The van der Waals surface area contributed by atoms with E-state index in [-0.39, 0.29) is 0 Å². The summed E-state index contributed by atoms with van der Waals surface area (Å²) in [7, 11) is 0. The van der Waals surface area contributed by atoms with Crippen LogP contribution in [0, 0.1) is 0 Å². The lowest BCUT2D eigenvalue weighted by molar-refractivity contribution is 0.826. The van der Waals surface area contributed by atoms with Crippen LogP contribution in [0.15, 0.2) is 48.1 Å². The molecule has 0 saturated carbocycles. The fourth-order valence-electron chi connectivity index (χ4n) is 1.96. The highest BCUT2D eigenvalue weighted by atomic mass is 14.0. The molecule has 0 spiro atoms. The summed E-state index contributed by atoms with van der Waals surface area (Å²) in [4.78, 5) is 0. The van der Waals surface area contributed by atoms with Gasteiger partial charge < -0.3 is 0 Å². The number of unbranched alkanes of at least 4 members (excludes halogenated alkanes) is 2. The normalized spacial score (nSPS) is 13.2. The van der Waals surface area contributed by atoms with Crippen LogP contribution in [0.1, 0.15) is 72.1 Å². The molecule has 0 unspecified atom stereocenters. The predicted molar refractivity (Wildman–Crippen MR) is 89.5 cm³/mol. The third kappa shape index (κ3) is 11.8. The molecule has 0 nitrogen and oxygen atoms in total. The fourth-order valence-corrected chi connectivity index (χ4v) is 1.96. The Kier molecular flexibility index (Phi) is 12.7. The van der Waals surface area contributed by atoms with Crippen molar-refractivity contribution in [3.8, 4) is 0 Å². The molecule has 0 rings (SSSR count). The van der Waals surface area contributed by atoms with E-state index in [1.54, 1.807) is 5.57 Å². The molecule has 108 valence electrons. The van der Waals surface area contributed by atoms with Crippen molar-refractivity contribution >= 4 is 0 Å². The molecule has 0 aliphatic rings. The van der Waals surface area contributed by atoms with E-state index in [0.29, 0.717) is 0 Å². The molecule has 0 aromatic rings. The summed E-state index contributed by atoms with van der Waals surface area (Å²) >= 11 is 0. The van der Waals surface area contributed by atoms with Crippen LogP contribution in [-0.2, 0) is 0 Å². The molecule has 0 atom stereocenters. The Morgan fingerprint density at radius 1 is 1.05 bits per heavy atom. The molecule has 19 heavy (non-hydrogen) atoms. The van der Waals surface area contributed by atoms with Gasteiger partial charge in [-0.1, -0.05) is 61.8 Å².